The van der Waals surface area contributed by atoms with E-state index in [1.54, 1.807) is 0 Å². The zero-order chi connectivity index (χ0) is 12.9. The first-order valence-electron chi connectivity index (χ1n) is 7.16. The van der Waals surface area contributed by atoms with Crippen molar-refractivity contribution in [1.82, 2.24) is 10.2 Å². The van der Waals surface area contributed by atoms with Crippen LogP contribution in [0.25, 0.3) is 0 Å². The fourth-order valence-electron chi connectivity index (χ4n) is 2.71. The van der Waals surface area contributed by atoms with Crippen LogP contribution in [-0.4, -0.2) is 48.7 Å². The molecule has 3 rings (SSSR count). The summed E-state index contributed by atoms with van der Waals surface area (Å²) in [7, 11) is 0. The molecule has 0 bridgehead atoms. The number of nitrogens with zero attached hydrogens (tertiary/aromatic N) is 1. The van der Waals surface area contributed by atoms with Crippen molar-refractivity contribution >= 4 is 11.8 Å². The van der Waals surface area contributed by atoms with Crippen molar-refractivity contribution < 1.29 is 4.74 Å². The Bertz CT molecular complexity index is 407. The fraction of sp³-hybridized carbons (Fsp3) is 0.600. The summed E-state index contributed by atoms with van der Waals surface area (Å²) >= 11 is 2.08. The molecule has 1 aromatic rings. The van der Waals surface area contributed by atoms with Crippen molar-refractivity contribution in [2.24, 2.45) is 0 Å². The van der Waals surface area contributed by atoms with E-state index in [1.165, 1.54) is 30.0 Å². The number of benzene rings is 1. The summed E-state index contributed by atoms with van der Waals surface area (Å²) in [6, 6.07) is 9.11. The van der Waals surface area contributed by atoms with Crippen molar-refractivity contribution in [2.45, 2.75) is 19.0 Å². The third kappa shape index (κ3) is 3.65. The molecule has 1 fully saturated rings. The number of hydrogen-bond acceptors (Lipinski definition) is 4. The second-order valence-electron chi connectivity index (χ2n) is 5.25. The Labute approximate surface area is 119 Å². The fourth-order valence-corrected chi connectivity index (χ4v) is 3.71. The van der Waals surface area contributed by atoms with E-state index < -0.39 is 0 Å². The summed E-state index contributed by atoms with van der Waals surface area (Å²) in [5.74, 6) is 3.60. The lowest BCUT2D eigenvalue weighted by Gasteiger charge is -2.26. The molecule has 2 heterocycles. The van der Waals surface area contributed by atoms with Crippen LogP contribution in [0.15, 0.2) is 24.3 Å². The summed E-state index contributed by atoms with van der Waals surface area (Å²) in [5.41, 5.74) is 1.32. The third-order valence-corrected chi connectivity index (χ3v) is 4.95. The molecule has 1 saturated heterocycles. The van der Waals surface area contributed by atoms with Crippen molar-refractivity contribution in [3.05, 3.63) is 29.8 Å². The Kier molecular flexibility index (Phi) is 4.64. The van der Waals surface area contributed by atoms with Crippen molar-refractivity contribution in [3.63, 3.8) is 0 Å². The van der Waals surface area contributed by atoms with E-state index in [4.69, 9.17) is 4.74 Å². The van der Waals surface area contributed by atoms with Crippen LogP contribution in [-0.2, 0) is 6.54 Å². The van der Waals surface area contributed by atoms with Gasteiger partial charge < -0.3 is 10.1 Å². The number of thioether (sulfide) groups is 1. The van der Waals surface area contributed by atoms with E-state index in [0.29, 0.717) is 6.04 Å². The van der Waals surface area contributed by atoms with Gasteiger partial charge in [0.15, 0.2) is 0 Å². The third-order valence-electron chi connectivity index (χ3n) is 3.82. The van der Waals surface area contributed by atoms with Gasteiger partial charge in [-0.05, 0) is 12.5 Å². The van der Waals surface area contributed by atoms with Gasteiger partial charge in [-0.3, -0.25) is 4.90 Å². The number of para-hydroxylation sites is 1. The minimum absolute atomic E-state index is 0.693. The quantitative estimate of drug-likeness (QED) is 0.914. The highest BCUT2D eigenvalue weighted by Gasteiger charge is 2.17. The van der Waals surface area contributed by atoms with E-state index in [1.807, 2.05) is 0 Å². The summed E-state index contributed by atoms with van der Waals surface area (Å²) in [6.45, 7) is 5.20. The molecule has 0 amide bonds. The lowest BCUT2D eigenvalue weighted by atomic mass is 10.1. The van der Waals surface area contributed by atoms with Crippen LogP contribution in [0.5, 0.6) is 5.75 Å². The molecule has 0 radical (unpaired) electrons. The number of hydrogen-bond donors (Lipinski definition) is 1. The van der Waals surface area contributed by atoms with Gasteiger partial charge in [-0.2, -0.15) is 11.8 Å². The molecule has 0 spiro atoms. The van der Waals surface area contributed by atoms with Gasteiger partial charge in [0.1, 0.15) is 12.4 Å². The molecule has 1 atom stereocenters. The molecule has 1 aromatic carbocycles. The topological polar surface area (TPSA) is 24.5 Å². The van der Waals surface area contributed by atoms with Gasteiger partial charge in [0, 0.05) is 49.3 Å². The number of nitrogens with one attached hydrogen (secondary N) is 1. The minimum Gasteiger partial charge on any atom is -0.492 e. The maximum absolute atomic E-state index is 5.81. The molecule has 3 nitrogen and oxygen atoms in total. The molecular formula is C15H22N2OS. The molecule has 0 aliphatic carbocycles. The number of rotatable bonds is 3. The van der Waals surface area contributed by atoms with Gasteiger partial charge in [0.2, 0.25) is 0 Å². The Hall–Kier alpha value is -0.710. The molecule has 19 heavy (non-hydrogen) atoms. The Morgan fingerprint density at radius 2 is 2.32 bits per heavy atom. The summed E-state index contributed by atoms with van der Waals surface area (Å²) in [6.07, 6.45) is 1.25. The summed E-state index contributed by atoms with van der Waals surface area (Å²) in [5, 5.41) is 3.61. The maximum atomic E-state index is 5.81. The number of ether oxygens (including phenoxy) is 1. The van der Waals surface area contributed by atoms with Gasteiger partial charge in [-0.25, -0.2) is 0 Å². The summed E-state index contributed by atoms with van der Waals surface area (Å²) in [4.78, 5) is 2.52. The van der Waals surface area contributed by atoms with Crippen LogP contribution in [0.2, 0.25) is 0 Å². The second kappa shape index (κ2) is 6.64. The van der Waals surface area contributed by atoms with Gasteiger partial charge in [0.25, 0.3) is 0 Å². The standard InChI is InChI=1S/C15H22N2OS/c1-2-4-15-13(3-1)11-17(8-9-18-15)7-5-14-12-19-10-6-16-14/h1-4,14,16H,5-12H2. The van der Waals surface area contributed by atoms with Gasteiger partial charge >= 0.3 is 0 Å². The predicted octanol–water partition coefficient (Wildman–Crippen LogP) is 1.98. The Morgan fingerprint density at radius 1 is 1.37 bits per heavy atom. The number of fused-ring (bicyclic) bond motifs is 1. The molecule has 2 aliphatic heterocycles. The van der Waals surface area contributed by atoms with Gasteiger partial charge in [-0.1, -0.05) is 18.2 Å². The van der Waals surface area contributed by atoms with Crippen LogP contribution in [0, 0.1) is 0 Å². The molecule has 1 unspecified atom stereocenters. The van der Waals surface area contributed by atoms with E-state index >= 15 is 0 Å². The van der Waals surface area contributed by atoms with Crippen molar-refractivity contribution in [1.29, 1.82) is 0 Å². The first-order chi connectivity index (χ1) is 9.42. The SMILES string of the molecule is c1ccc2c(c1)CN(CCC1CSCCN1)CCO2. The minimum atomic E-state index is 0.693. The average Bonchev–Trinajstić information content (AvgIpc) is 2.68. The zero-order valence-electron chi connectivity index (χ0n) is 11.3. The lowest BCUT2D eigenvalue weighted by Crippen LogP contribution is -2.40. The van der Waals surface area contributed by atoms with E-state index in [-0.39, 0.29) is 0 Å². The van der Waals surface area contributed by atoms with Crippen molar-refractivity contribution in [2.75, 3.05) is 37.7 Å². The highest BCUT2D eigenvalue weighted by Crippen LogP contribution is 2.22. The monoisotopic (exact) mass is 278 g/mol. The van der Waals surface area contributed by atoms with Crippen LogP contribution < -0.4 is 10.1 Å². The van der Waals surface area contributed by atoms with E-state index in [2.05, 4.69) is 46.2 Å². The lowest BCUT2D eigenvalue weighted by molar-refractivity contribution is 0.218. The highest BCUT2D eigenvalue weighted by molar-refractivity contribution is 7.99. The maximum Gasteiger partial charge on any atom is 0.123 e. The first kappa shape index (κ1) is 13.3. The highest BCUT2D eigenvalue weighted by atomic mass is 32.2. The van der Waals surface area contributed by atoms with Crippen LogP contribution >= 0.6 is 11.8 Å². The van der Waals surface area contributed by atoms with Crippen molar-refractivity contribution in [3.8, 4) is 5.75 Å². The zero-order valence-corrected chi connectivity index (χ0v) is 12.1. The van der Waals surface area contributed by atoms with Crippen LogP contribution in [0.3, 0.4) is 0 Å². The van der Waals surface area contributed by atoms with Gasteiger partial charge in [0.05, 0.1) is 0 Å². The Balaban J connectivity index is 1.54. The van der Waals surface area contributed by atoms with E-state index in [0.717, 1.165) is 32.0 Å². The average molecular weight is 278 g/mol. The molecule has 0 saturated carbocycles. The second-order valence-corrected chi connectivity index (χ2v) is 6.40. The molecule has 4 heteroatoms. The predicted molar refractivity (Wildman–Crippen MR) is 80.9 cm³/mol. The molecule has 0 aromatic heterocycles. The van der Waals surface area contributed by atoms with Crippen LogP contribution in [0.1, 0.15) is 12.0 Å². The van der Waals surface area contributed by atoms with Gasteiger partial charge in [-0.15, -0.1) is 0 Å². The van der Waals surface area contributed by atoms with Crippen LogP contribution in [0.4, 0.5) is 0 Å². The van der Waals surface area contributed by atoms with E-state index in [9.17, 15) is 0 Å². The first-order valence-corrected chi connectivity index (χ1v) is 8.31. The molecular weight excluding hydrogens is 256 g/mol. The molecule has 104 valence electrons. The molecule has 1 N–H and O–H groups in total. The largest absolute Gasteiger partial charge is 0.492 e. The summed E-state index contributed by atoms with van der Waals surface area (Å²) < 4.78 is 5.81. The Morgan fingerprint density at radius 3 is 3.21 bits per heavy atom. The smallest absolute Gasteiger partial charge is 0.123 e. The normalized spacial score (nSPS) is 24.3. The molecule has 2 aliphatic rings.